The van der Waals surface area contributed by atoms with Crippen LogP contribution in [0.4, 0.5) is 0 Å². The fourth-order valence-electron chi connectivity index (χ4n) is 1.25. The molecule has 0 amide bonds. The van der Waals surface area contributed by atoms with Crippen molar-refractivity contribution in [3.63, 3.8) is 0 Å². The molecule has 0 aromatic heterocycles. The molecule has 1 aliphatic rings. The molecule has 1 aliphatic carbocycles. The molecule has 1 fully saturated rings. The number of sulfonamides is 1. The van der Waals surface area contributed by atoms with Crippen LogP contribution in [0.1, 0.15) is 40.0 Å². The van der Waals surface area contributed by atoms with Gasteiger partial charge in [-0.15, -0.1) is 0 Å². The van der Waals surface area contributed by atoms with E-state index in [1.54, 1.807) is 0 Å². The second-order valence-corrected chi connectivity index (χ2v) is 7.71. The summed E-state index contributed by atoms with van der Waals surface area (Å²) in [7, 11) is -3.08. The van der Waals surface area contributed by atoms with Crippen LogP contribution in [0, 0.1) is 5.41 Å². The number of rotatable bonds is 7. The molecule has 0 aromatic carbocycles. The van der Waals surface area contributed by atoms with Crippen LogP contribution in [0.5, 0.6) is 0 Å². The summed E-state index contributed by atoms with van der Waals surface area (Å²) in [6, 6.07) is 0.658. The van der Waals surface area contributed by atoms with E-state index in [0.29, 0.717) is 19.0 Å². The van der Waals surface area contributed by atoms with Crippen molar-refractivity contribution >= 4 is 10.0 Å². The molecule has 2 N–H and O–H groups in total. The molecule has 5 heteroatoms. The lowest BCUT2D eigenvalue weighted by Crippen LogP contribution is -2.34. The average molecular weight is 248 g/mol. The van der Waals surface area contributed by atoms with Gasteiger partial charge in [-0.25, -0.2) is 13.1 Å². The van der Waals surface area contributed by atoms with Gasteiger partial charge in [0.2, 0.25) is 10.0 Å². The molecule has 4 nitrogen and oxygen atoms in total. The van der Waals surface area contributed by atoms with Crippen molar-refractivity contribution in [1.82, 2.24) is 10.0 Å². The van der Waals surface area contributed by atoms with Crippen molar-refractivity contribution in [2.24, 2.45) is 5.41 Å². The van der Waals surface area contributed by atoms with Gasteiger partial charge in [-0.05, 0) is 31.2 Å². The van der Waals surface area contributed by atoms with Crippen molar-refractivity contribution < 1.29 is 8.42 Å². The Morgan fingerprint density at radius 1 is 1.25 bits per heavy atom. The zero-order valence-corrected chi connectivity index (χ0v) is 11.4. The summed E-state index contributed by atoms with van der Waals surface area (Å²) in [6.45, 7) is 7.37. The summed E-state index contributed by atoms with van der Waals surface area (Å²) >= 11 is 0. The van der Waals surface area contributed by atoms with E-state index in [2.05, 4.69) is 10.0 Å². The third-order valence-electron chi connectivity index (χ3n) is 2.42. The number of hydrogen-bond acceptors (Lipinski definition) is 3. The molecule has 0 aliphatic heterocycles. The molecule has 0 bridgehead atoms. The SMILES string of the molecule is CC(C)(C)CNS(=O)(=O)CCCNC1CC1. The average Bonchev–Trinajstić information content (AvgIpc) is 2.92. The van der Waals surface area contributed by atoms with Crippen LogP contribution in [-0.4, -0.2) is 33.3 Å². The molecule has 1 saturated carbocycles. The summed E-state index contributed by atoms with van der Waals surface area (Å²) in [5.41, 5.74) is -0.000662. The Hall–Kier alpha value is -0.130. The highest BCUT2D eigenvalue weighted by Gasteiger charge is 2.20. The maximum absolute atomic E-state index is 11.6. The normalized spacial score (nSPS) is 17.7. The van der Waals surface area contributed by atoms with Crippen LogP contribution in [0.25, 0.3) is 0 Å². The first-order valence-electron chi connectivity index (χ1n) is 5.99. The molecule has 0 aromatic rings. The van der Waals surface area contributed by atoms with Gasteiger partial charge >= 0.3 is 0 Å². The van der Waals surface area contributed by atoms with E-state index in [9.17, 15) is 8.42 Å². The van der Waals surface area contributed by atoms with Crippen molar-refractivity contribution in [1.29, 1.82) is 0 Å². The van der Waals surface area contributed by atoms with E-state index in [-0.39, 0.29) is 11.2 Å². The van der Waals surface area contributed by atoms with Crippen LogP contribution in [0.3, 0.4) is 0 Å². The Morgan fingerprint density at radius 3 is 2.38 bits per heavy atom. The molecule has 0 saturated heterocycles. The lowest BCUT2D eigenvalue weighted by Gasteiger charge is -2.18. The van der Waals surface area contributed by atoms with Crippen LogP contribution in [0.15, 0.2) is 0 Å². The largest absolute Gasteiger partial charge is 0.314 e. The number of nitrogens with one attached hydrogen (secondary N) is 2. The maximum atomic E-state index is 11.6. The summed E-state index contributed by atoms with van der Waals surface area (Å²) in [6.07, 6.45) is 3.18. The van der Waals surface area contributed by atoms with E-state index in [1.165, 1.54) is 12.8 Å². The second kappa shape index (κ2) is 5.47. The summed E-state index contributed by atoms with van der Waals surface area (Å²) in [4.78, 5) is 0. The minimum Gasteiger partial charge on any atom is -0.314 e. The highest BCUT2D eigenvalue weighted by atomic mass is 32.2. The first kappa shape index (κ1) is 13.9. The molecule has 0 heterocycles. The zero-order valence-electron chi connectivity index (χ0n) is 10.5. The van der Waals surface area contributed by atoms with Gasteiger partial charge in [0.05, 0.1) is 5.75 Å². The van der Waals surface area contributed by atoms with E-state index in [1.807, 2.05) is 20.8 Å². The molecular formula is C11H24N2O2S. The predicted octanol–water partition coefficient (Wildman–Crippen LogP) is 1.09. The molecule has 16 heavy (non-hydrogen) atoms. The van der Waals surface area contributed by atoms with Gasteiger partial charge in [-0.1, -0.05) is 20.8 Å². The van der Waals surface area contributed by atoms with Crippen molar-refractivity contribution in [3.05, 3.63) is 0 Å². The highest BCUT2D eigenvalue weighted by Crippen LogP contribution is 2.18. The number of hydrogen-bond donors (Lipinski definition) is 2. The zero-order chi connectivity index (χ0) is 12.2. The molecule has 0 spiro atoms. The Labute approximate surface area is 99.2 Å². The first-order chi connectivity index (χ1) is 7.29. The van der Waals surface area contributed by atoms with E-state index < -0.39 is 10.0 Å². The molecule has 96 valence electrons. The van der Waals surface area contributed by atoms with Gasteiger partial charge in [0, 0.05) is 12.6 Å². The molecule has 0 atom stereocenters. The predicted molar refractivity (Wildman–Crippen MR) is 66.9 cm³/mol. The van der Waals surface area contributed by atoms with Crippen LogP contribution in [0.2, 0.25) is 0 Å². The monoisotopic (exact) mass is 248 g/mol. The minimum absolute atomic E-state index is 0.000662. The van der Waals surface area contributed by atoms with E-state index in [0.717, 1.165) is 6.54 Å². The second-order valence-electron chi connectivity index (χ2n) is 5.78. The smallest absolute Gasteiger partial charge is 0.211 e. The quantitative estimate of drug-likeness (QED) is 0.663. The lowest BCUT2D eigenvalue weighted by atomic mass is 9.98. The third kappa shape index (κ3) is 7.19. The van der Waals surface area contributed by atoms with Gasteiger partial charge in [-0.3, -0.25) is 0 Å². The summed E-state index contributed by atoms with van der Waals surface area (Å²) < 4.78 is 25.8. The molecule has 0 radical (unpaired) electrons. The standard InChI is InChI=1S/C11H24N2O2S/c1-11(2,3)9-13-16(14,15)8-4-7-12-10-5-6-10/h10,12-13H,4-9H2,1-3H3. The van der Waals surface area contributed by atoms with E-state index >= 15 is 0 Å². The van der Waals surface area contributed by atoms with Gasteiger partial charge in [0.1, 0.15) is 0 Å². The van der Waals surface area contributed by atoms with Gasteiger partial charge in [-0.2, -0.15) is 0 Å². The summed E-state index contributed by atoms with van der Waals surface area (Å²) in [5.74, 6) is 0.225. The maximum Gasteiger partial charge on any atom is 0.211 e. The highest BCUT2D eigenvalue weighted by molar-refractivity contribution is 7.89. The summed E-state index contributed by atoms with van der Waals surface area (Å²) in [5, 5.41) is 3.31. The molecule has 0 unspecified atom stereocenters. The fourth-order valence-corrected chi connectivity index (χ4v) is 2.58. The van der Waals surface area contributed by atoms with Gasteiger partial charge in [0.15, 0.2) is 0 Å². The Bertz CT molecular complexity index is 302. The Balaban J connectivity index is 2.12. The Morgan fingerprint density at radius 2 is 1.88 bits per heavy atom. The van der Waals surface area contributed by atoms with E-state index in [4.69, 9.17) is 0 Å². The van der Waals surface area contributed by atoms with Crippen LogP contribution in [-0.2, 0) is 10.0 Å². The topological polar surface area (TPSA) is 58.2 Å². The third-order valence-corrected chi connectivity index (χ3v) is 3.83. The lowest BCUT2D eigenvalue weighted by molar-refractivity contribution is 0.407. The van der Waals surface area contributed by atoms with Crippen molar-refractivity contribution in [2.45, 2.75) is 46.1 Å². The van der Waals surface area contributed by atoms with Crippen LogP contribution >= 0.6 is 0 Å². The van der Waals surface area contributed by atoms with Gasteiger partial charge < -0.3 is 5.32 Å². The molecular weight excluding hydrogens is 224 g/mol. The van der Waals surface area contributed by atoms with Crippen LogP contribution < -0.4 is 10.0 Å². The van der Waals surface area contributed by atoms with Crippen molar-refractivity contribution in [3.8, 4) is 0 Å². The minimum atomic E-state index is -3.08. The fraction of sp³-hybridized carbons (Fsp3) is 1.00. The Kier molecular flexibility index (Phi) is 4.76. The molecule has 1 rings (SSSR count). The van der Waals surface area contributed by atoms with Gasteiger partial charge in [0.25, 0.3) is 0 Å². The first-order valence-corrected chi connectivity index (χ1v) is 7.64. The van der Waals surface area contributed by atoms with Crippen molar-refractivity contribution in [2.75, 3.05) is 18.8 Å².